The molecule has 0 aromatic carbocycles. The van der Waals surface area contributed by atoms with Gasteiger partial charge in [0.2, 0.25) is 0 Å². The summed E-state index contributed by atoms with van der Waals surface area (Å²) in [4.78, 5) is 37.5. The Bertz CT molecular complexity index is 80.7. The van der Waals surface area contributed by atoms with Crippen LogP contribution in [0.25, 0.3) is 0 Å². The molecule has 0 atom stereocenters. The first kappa shape index (κ1) is 43.1. The van der Waals surface area contributed by atoms with Gasteiger partial charge in [0, 0.05) is 24.5 Å². The summed E-state index contributed by atoms with van der Waals surface area (Å²) in [5.41, 5.74) is 0. The van der Waals surface area contributed by atoms with Crippen LogP contribution < -0.4 is 0 Å². The minimum Gasteiger partial charge on any atom is -0.372 e. The molecule has 0 aliphatic rings. The van der Waals surface area contributed by atoms with Crippen LogP contribution in [0.1, 0.15) is 32.6 Å². The van der Waals surface area contributed by atoms with Crippen LogP contribution in [0.15, 0.2) is 0 Å². The zero-order chi connectivity index (χ0) is 16.2. The number of ether oxygens (including phenoxy) is 1. The van der Waals surface area contributed by atoms with Crippen molar-refractivity contribution in [3.05, 3.63) is 6.61 Å². The number of rotatable bonds is 5. The molecule has 0 fully saturated rings. The van der Waals surface area contributed by atoms with Crippen molar-refractivity contribution in [2.75, 3.05) is 7.11 Å². The molecule has 104 valence electrons. The molecule has 0 aliphatic heterocycles. The van der Waals surface area contributed by atoms with Gasteiger partial charge in [0.1, 0.15) is 6.61 Å². The minimum atomic E-state index is 0. The Balaban J connectivity index is -0.0000000223. The molecule has 0 saturated carbocycles. The minimum absolute atomic E-state index is 0. The van der Waals surface area contributed by atoms with Gasteiger partial charge in [-0.05, 0) is 6.42 Å². The SMILES string of the molecule is CCCCC[C]OC.[C]=O.[C]=O.[C]=O.[C]=O.[C]=O.[Cr]. The van der Waals surface area contributed by atoms with Crippen molar-refractivity contribution >= 4 is 33.9 Å². The molecule has 19 heavy (non-hydrogen) atoms. The molecule has 12 radical (unpaired) electrons. The average Bonchev–Trinajstić information content (AvgIpc) is 2.54. The molecular weight excluding hydrogens is 292 g/mol. The number of hydrogen-bond acceptors (Lipinski definition) is 6. The first-order valence-electron chi connectivity index (χ1n) is 4.19. The predicted octanol–water partition coefficient (Wildman–Crippen LogP) is 0.264. The number of hydrogen-bond donors (Lipinski definition) is 0. The van der Waals surface area contributed by atoms with Crippen molar-refractivity contribution in [2.24, 2.45) is 0 Å². The van der Waals surface area contributed by atoms with Gasteiger partial charge in [0.05, 0.1) is 0 Å². The van der Waals surface area contributed by atoms with Crippen molar-refractivity contribution < 1.29 is 46.1 Å². The second-order valence-electron chi connectivity index (χ2n) is 1.81. The summed E-state index contributed by atoms with van der Waals surface area (Å²) in [5, 5.41) is 0. The van der Waals surface area contributed by atoms with Crippen molar-refractivity contribution in [3.63, 3.8) is 0 Å². The summed E-state index contributed by atoms with van der Waals surface area (Å²) in [6.45, 7) is 27.5. The van der Waals surface area contributed by atoms with E-state index in [4.69, 9.17) is 24.0 Å². The second-order valence-corrected chi connectivity index (χ2v) is 1.81. The van der Waals surface area contributed by atoms with Gasteiger partial charge in [-0.1, -0.05) is 26.2 Å². The number of unbranched alkanes of at least 4 members (excludes halogenated alkanes) is 3. The molecule has 0 unspecified atom stereocenters. The van der Waals surface area contributed by atoms with Crippen molar-refractivity contribution in [1.29, 1.82) is 0 Å². The maximum atomic E-state index is 7.50. The molecule has 0 aliphatic carbocycles. The van der Waals surface area contributed by atoms with E-state index in [0.29, 0.717) is 0 Å². The summed E-state index contributed by atoms with van der Waals surface area (Å²) in [6.07, 6.45) is 4.75. The number of methoxy groups -OCH3 is 1. The van der Waals surface area contributed by atoms with E-state index in [0.717, 1.165) is 6.42 Å². The molecule has 0 amide bonds. The van der Waals surface area contributed by atoms with Crippen LogP contribution >= 0.6 is 0 Å². The Morgan fingerprint density at radius 2 is 1.11 bits per heavy atom. The summed E-state index contributed by atoms with van der Waals surface area (Å²) in [6, 6.07) is 0. The monoisotopic (exact) mass is 306 g/mol. The predicted molar refractivity (Wildman–Crippen MR) is 62.9 cm³/mol. The summed E-state index contributed by atoms with van der Waals surface area (Å²) in [5.74, 6) is 0. The van der Waals surface area contributed by atoms with E-state index >= 15 is 0 Å². The molecule has 0 aromatic rings. The Morgan fingerprint density at radius 3 is 1.32 bits per heavy atom. The zero-order valence-corrected chi connectivity index (χ0v) is 12.0. The van der Waals surface area contributed by atoms with Crippen LogP contribution in [0.4, 0.5) is 0 Å². The summed E-state index contributed by atoms with van der Waals surface area (Å²) >= 11 is 0. The average molecular weight is 306 g/mol. The molecule has 0 bridgehead atoms. The van der Waals surface area contributed by atoms with E-state index in [-0.39, 0.29) is 17.4 Å². The Morgan fingerprint density at radius 1 is 0.789 bits per heavy atom. The fourth-order valence-electron chi connectivity index (χ4n) is 0.549. The quantitative estimate of drug-likeness (QED) is 0.676. The normalized spacial score (nSPS) is 5.16. The maximum Gasteiger partial charge on any atom is 0.281 e. The number of carbonyl (C=O) groups excluding carboxylic acids is 5. The molecule has 0 N–H and O–H groups in total. The van der Waals surface area contributed by atoms with Crippen molar-refractivity contribution in [1.82, 2.24) is 0 Å². The molecule has 0 heterocycles. The fraction of sp³-hybridized carbons (Fsp3) is 0.500. The van der Waals surface area contributed by atoms with Gasteiger partial charge in [-0.3, -0.25) is 24.0 Å². The zero-order valence-electron chi connectivity index (χ0n) is 10.7. The van der Waals surface area contributed by atoms with Crippen LogP contribution in [-0.4, -0.2) is 41.1 Å². The molecule has 6 nitrogen and oxygen atoms in total. The summed E-state index contributed by atoms with van der Waals surface area (Å²) in [7, 11) is 1.64. The third-order valence-electron chi connectivity index (χ3n) is 1.03. The van der Waals surface area contributed by atoms with Crippen LogP contribution in [0, 0.1) is 6.61 Å². The van der Waals surface area contributed by atoms with E-state index in [2.05, 4.69) is 52.2 Å². The van der Waals surface area contributed by atoms with E-state index in [9.17, 15) is 0 Å². The van der Waals surface area contributed by atoms with Gasteiger partial charge < -0.3 is 4.74 Å². The molecular formula is C12H14CrO6. The molecule has 0 aromatic heterocycles. The van der Waals surface area contributed by atoms with Gasteiger partial charge in [-0.15, -0.1) is 0 Å². The van der Waals surface area contributed by atoms with E-state index in [1.807, 2.05) is 0 Å². The molecule has 0 saturated heterocycles. The first-order chi connectivity index (χ1) is 8.91. The van der Waals surface area contributed by atoms with Crippen molar-refractivity contribution in [3.8, 4) is 0 Å². The molecule has 0 rings (SSSR count). The van der Waals surface area contributed by atoms with E-state index in [1.54, 1.807) is 7.11 Å². The Hall–Kier alpha value is -1.16. The summed E-state index contributed by atoms with van der Waals surface area (Å²) < 4.78 is 4.64. The Labute approximate surface area is 127 Å². The van der Waals surface area contributed by atoms with Gasteiger partial charge in [-0.25, -0.2) is 0 Å². The van der Waals surface area contributed by atoms with Crippen LogP contribution in [0.2, 0.25) is 0 Å². The fourth-order valence-corrected chi connectivity index (χ4v) is 0.549. The second kappa shape index (κ2) is 180. The van der Waals surface area contributed by atoms with Gasteiger partial charge in [0.25, 0.3) is 33.9 Å². The van der Waals surface area contributed by atoms with Crippen LogP contribution in [0.3, 0.4) is 0 Å². The third kappa shape index (κ3) is 251. The maximum absolute atomic E-state index is 7.50. The first-order valence-corrected chi connectivity index (χ1v) is 4.19. The smallest absolute Gasteiger partial charge is 0.281 e. The van der Waals surface area contributed by atoms with Crippen molar-refractivity contribution in [2.45, 2.75) is 32.6 Å². The standard InChI is InChI=1S/C7H14O.5CO.Cr/c1-3-4-5-6-7-8-2;5*1-2;/h3-6H2,1-2H3;;;;;;. The molecule has 0 spiro atoms. The van der Waals surface area contributed by atoms with E-state index < -0.39 is 0 Å². The molecule has 7 heteroatoms. The van der Waals surface area contributed by atoms with Crippen LogP contribution in [-0.2, 0) is 46.1 Å². The van der Waals surface area contributed by atoms with E-state index in [1.165, 1.54) is 19.3 Å². The Kier molecular flexibility index (Phi) is 408. The van der Waals surface area contributed by atoms with Crippen LogP contribution in [0.5, 0.6) is 0 Å². The largest absolute Gasteiger partial charge is 0.372 e. The van der Waals surface area contributed by atoms with Gasteiger partial charge >= 0.3 is 0 Å². The third-order valence-corrected chi connectivity index (χ3v) is 1.03. The van der Waals surface area contributed by atoms with Gasteiger partial charge in [0.15, 0.2) is 0 Å². The topological polar surface area (TPSA) is 94.6 Å². The van der Waals surface area contributed by atoms with Gasteiger partial charge in [-0.2, -0.15) is 0 Å².